The van der Waals surface area contributed by atoms with E-state index in [9.17, 15) is 9.90 Å². The summed E-state index contributed by atoms with van der Waals surface area (Å²) in [6, 6.07) is 11.4. The Morgan fingerprint density at radius 1 is 1.22 bits per heavy atom. The molecule has 1 aliphatic rings. The lowest BCUT2D eigenvalue weighted by Crippen LogP contribution is -2.44. The number of piperidine rings is 1. The topological polar surface area (TPSA) is 52.6 Å². The molecule has 0 bridgehead atoms. The predicted octanol–water partition coefficient (Wildman–Crippen LogP) is 3.15. The zero-order valence-electron chi connectivity index (χ0n) is 13.6. The van der Waals surface area contributed by atoms with Crippen molar-refractivity contribution in [1.29, 1.82) is 0 Å². The molecule has 4 nitrogen and oxygen atoms in total. The Kier molecular flexibility index (Phi) is 4.82. The summed E-state index contributed by atoms with van der Waals surface area (Å²) in [6.07, 6.45) is 3.11. The van der Waals surface area contributed by atoms with Gasteiger partial charge in [-0.2, -0.15) is 0 Å². The molecule has 1 amide bonds. The molecule has 0 radical (unpaired) electrons. The van der Waals surface area contributed by atoms with Crippen LogP contribution in [0, 0.1) is 0 Å². The third kappa shape index (κ3) is 3.64. The van der Waals surface area contributed by atoms with Crippen LogP contribution in [0.2, 0.25) is 0 Å². The van der Waals surface area contributed by atoms with E-state index < -0.39 is 0 Å². The van der Waals surface area contributed by atoms with Gasteiger partial charge in [-0.25, -0.2) is 0 Å². The maximum atomic E-state index is 12.5. The molecule has 3 rings (SSSR count). The third-order valence-corrected chi connectivity index (χ3v) is 4.57. The van der Waals surface area contributed by atoms with Crippen LogP contribution in [0.5, 0.6) is 5.75 Å². The number of rotatable bonds is 4. The van der Waals surface area contributed by atoms with Gasteiger partial charge in [-0.05, 0) is 48.7 Å². The second-order valence-corrected chi connectivity index (χ2v) is 6.31. The Labute approximate surface area is 137 Å². The van der Waals surface area contributed by atoms with Crippen molar-refractivity contribution in [2.24, 2.45) is 0 Å². The second-order valence-electron chi connectivity index (χ2n) is 6.31. The summed E-state index contributed by atoms with van der Waals surface area (Å²) >= 11 is 0. The zero-order chi connectivity index (χ0) is 16.2. The number of phenols is 1. The van der Waals surface area contributed by atoms with Gasteiger partial charge in [0.2, 0.25) is 0 Å². The standard InChI is InChI=1S/C19H24N2O2/c1-2-9-21-10-7-16(8-11-21)20-19(23)17-12-14-5-3-4-6-15(14)13-18(17)22/h3-6,12-13,16,22H,2,7-11H2,1H3,(H,20,23). The summed E-state index contributed by atoms with van der Waals surface area (Å²) in [5.41, 5.74) is 0.361. The van der Waals surface area contributed by atoms with Crippen molar-refractivity contribution in [2.45, 2.75) is 32.2 Å². The maximum Gasteiger partial charge on any atom is 0.255 e. The van der Waals surface area contributed by atoms with Gasteiger partial charge in [0.05, 0.1) is 5.56 Å². The molecule has 2 aromatic carbocycles. The van der Waals surface area contributed by atoms with Crippen LogP contribution >= 0.6 is 0 Å². The van der Waals surface area contributed by atoms with Gasteiger partial charge in [0.25, 0.3) is 5.91 Å². The first-order chi connectivity index (χ1) is 11.2. The number of likely N-dealkylation sites (tertiary alicyclic amines) is 1. The largest absolute Gasteiger partial charge is 0.507 e. The smallest absolute Gasteiger partial charge is 0.255 e. The molecule has 1 heterocycles. The average Bonchev–Trinajstić information content (AvgIpc) is 2.56. The van der Waals surface area contributed by atoms with E-state index >= 15 is 0 Å². The number of phenolic OH excluding ortho intramolecular Hbond substituents is 1. The van der Waals surface area contributed by atoms with E-state index in [2.05, 4.69) is 17.1 Å². The molecule has 0 unspecified atom stereocenters. The van der Waals surface area contributed by atoms with E-state index in [1.165, 1.54) is 6.42 Å². The van der Waals surface area contributed by atoms with Gasteiger partial charge in [0.1, 0.15) is 5.75 Å². The number of carbonyl (C=O) groups is 1. The molecule has 1 aliphatic heterocycles. The summed E-state index contributed by atoms with van der Waals surface area (Å²) in [5.74, 6) is -0.133. The first-order valence-corrected chi connectivity index (χ1v) is 8.42. The zero-order valence-corrected chi connectivity index (χ0v) is 13.6. The Balaban J connectivity index is 1.68. The number of hydrogen-bond acceptors (Lipinski definition) is 3. The SMILES string of the molecule is CCCN1CCC(NC(=O)c2cc3ccccc3cc2O)CC1. The van der Waals surface area contributed by atoms with Crippen LogP contribution in [0.15, 0.2) is 36.4 Å². The van der Waals surface area contributed by atoms with Gasteiger partial charge < -0.3 is 15.3 Å². The number of aromatic hydroxyl groups is 1. The molecule has 0 aliphatic carbocycles. The number of carbonyl (C=O) groups excluding carboxylic acids is 1. The van der Waals surface area contributed by atoms with E-state index in [1.807, 2.05) is 24.3 Å². The minimum Gasteiger partial charge on any atom is -0.507 e. The van der Waals surface area contributed by atoms with Crippen molar-refractivity contribution in [1.82, 2.24) is 10.2 Å². The fourth-order valence-electron chi connectivity index (χ4n) is 3.29. The lowest BCUT2D eigenvalue weighted by Gasteiger charge is -2.32. The maximum absolute atomic E-state index is 12.5. The fraction of sp³-hybridized carbons (Fsp3) is 0.421. The highest BCUT2D eigenvalue weighted by atomic mass is 16.3. The van der Waals surface area contributed by atoms with Gasteiger partial charge in [0, 0.05) is 19.1 Å². The average molecular weight is 312 g/mol. The summed E-state index contributed by atoms with van der Waals surface area (Å²) in [4.78, 5) is 14.9. The third-order valence-electron chi connectivity index (χ3n) is 4.57. The molecule has 122 valence electrons. The van der Waals surface area contributed by atoms with Crippen molar-refractivity contribution in [2.75, 3.05) is 19.6 Å². The van der Waals surface area contributed by atoms with Crippen LogP contribution in [0.25, 0.3) is 10.8 Å². The monoisotopic (exact) mass is 312 g/mol. The molecule has 1 fully saturated rings. The van der Waals surface area contributed by atoms with Crippen molar-refractivity contribution >= 4 is 16.7 Å². The van der Waals surface area contributed by atoms with Gasteiger partial charge in [-0.15, -0.1) is 0 Å². The van der Waals surface area contributed by atoms with Crippen LogP contribution < -0.4 is 5.32 Å². The predicted molar refractivity (Wildman–Crippen MR) is 92.8 cm³/mol. The quantitative estimate of drug-likeness (QED) is 0.912. The molecule has 23 heavy (non-hydrogen) atoms. The first kappa shape index (κ1) is 15.8. The number of hydrogen-bond donors (Lipinski definition) is 2. The molecule has 0 atom stereocenters. The van der Waals surface area contributed by atoms with E-state index in [4.69, 9.17) is 0 Å². The lowest BCUT2D eigenvalue weighted by atomic mass is 10.0. The Hall–Kier alpha value is -2.07. The van der Waals surface area contributed by atoms with Crippen LogP contribution in [-0.4, -0.2) is 41.6 Å². The molecule has 1 saturated heterocycles. The van der Waals surface area contributed by atoms with Gasteiger partial charge in [-0.1, -0.05) is 31.2 Å². The summed E-state index contributed by atoms with van der Waals surface area (Å²) in [6.45, 7) is 5.38. The second kappa shape index (κ2) is 7.01. The van der Waals surface area contributed by atoms with E-state index in [-0.39, 0.29) is 17.7 Å². The minimum absolute atomic E-state index is 0.0459. The summed E-state index contributed by atoms with van der Waals surface area (Å²) < 4.78 is 0. The molecule has 4 heteroatoms. The summed E-state index contributed by atoms with van der Waals surface area (Å²) in [5, 5.41) is 15.1. The van der Waals surface area contributed by atoms with Crippen molar-refractivity contribution < 1.29 is 9.90 Å². The molecule has 0 aromatic heterocycles. The number of fused-ring (bicyclic) bond motifs is 1. The highest BCUT2D eigenvalue weighted by molar-refractivity contribution is 6.01. The molecular formula is C19H24N2O2. The normalized spacial score (nSPS) is 16.6. The minimum atomic E-state index is -0.179. The highest BCUT2D eigenvalue weighted by Crippen LogP contribution is 2.25. The Bertz CT molecular complexity index is 691. The van der Waals surface area contributed by atoms with Crippen molar-refractivity contribution in [3.05, 3.63) is 42.0 Å². The molecule has 2 aromatic rings. The number of nitrogens with zero attached hydrogens (tertiary/aromatic N) is 1. The van der Waals surface area contributed by atoms with Crippen molar-refractivity contribution in [3.8, 4) is 5.75 Å². The fourth-order valence-corrected chi connectivity index (χ4v) is 3.29. The number of amides is 1. The van der Waals surface area contributed by atoms with Crippen LogP contribution in [0.4, 0.5) is 0 Å². The highest BCUT2D eigenvalue weighted by Gasteiger charge is 2.22. The van der Waals surface area contributed by atoms with Crippen LogP contribution in [-0.2, 0) is 0 Å². The number of benzene rings is 2. The molecule has 0 spiro atoms. The Morgan fingerprint density at radius 2 is 1.87 bits per heavy atom. The van der Waals surface area contributed by atoms with E-state index in [1.54, 1.807) is 12.1 Å². The summed E-state index contributed by atoms with van der Waals surface area (Å²) in [7, 11) is 0. The van der Waals surface area contributed by atoms with Crippen LogP contribution in [0.1, 0.15) is 36.5 Å². The van der Waals surface area contributed by atoms with E-state index in [0.29, 0.717) is 5.56 Å². The molecule has 2 N–H and O–H groups in total. The van der Waals surface area contributed by atoms with Crippen LogP contribution in [0.3, 0.4) is 0 Å². The van der Waals surface area contributed by atoms with Gasteiger partial charge in [0.15, 0.2) is 0 Å². The van der Waals surface area contributed by atoms with Gasteiger partial charge >= 0.3 is 0 Å². The first-order valence-electron chi connectivity index (χ1n) is 8.42. The molecular weight excluding hydrogens is 288 g/mol. The van der Waals surface area contributed by atoms with E-state index in [0.717, 1.165) is 43.2 Å². The Morgan fingerprint density at radius 3 is 2.52 bits per heavy atom. The van der Waals surface area contributed by atoms with Gasteiger partial charge in [-0.3, -0.25) is 4.79 Å². The van der Waals surface area contributed by atoms with Crippen molar-refractivity contribution in [3.63, 3.8) is 0 Å². The molecule has 0 saturated carbocycles. The number of nitrogens with one attached hydrogen (secondary N) is 1. The lowest BCUT2D eigenvalue weighted by molar-refractivity contribution is 0.0908.